The summed E-state index contributed by atoms with van der Waals surface area (Å²) in [7, 11) is 0. The summed E-state index contributed by atoms with van der Waals surface area (Å²) in [6.45, 7) is -0.0848. The molecule has 3 aliphatic rings. The topological polar surface area (TPSA) is 40.5 Å². The molecule has 1 fully saturated rings. The predicted octanol–water partition coefficient (Wildman–Crippen LogP) is 0.696. The van der Waals surface area contributed by atoms with Crippen molar-refractivity contribution in [3.05, 3.63) is 12.2 Å². The van der Waals surface area contributed by atoms with Crippen LogP contribution in [0.1, 0.15) is 19.3 Å². The number of allylic oxidation sites excluding steroid dienone is 1. The second-order valence-corrected chi connectivity index (χ2v) is 3.79. The van der Waals surface area contributed by atoms with E-state index in [9.17, 15) is 5.11 Å². The molecule has 0 aromatic rings. The Kier molecular flexibility index (Phi) is 1.55. The van der Waals surface area contributed by atoms with Gasteiger partial charge in [0.15, 0.2) is 0 Å². The van der Waals surface area contributed by atoms with Crippen LogP contribution in [0, 0.1) is 11.8 Å². The first kappa shape index (κ1) is 7.32. The van der Waals surface area contributed by atoms with Gasteiger partial charge >= 0.3 is 0 Å². The van der Waals surface area contributed by atoms with Gasteiger partial charge in [-0.3, -0.25) is 0 Å². The molecule has 2 bridgehead atoms. The molecule has 2 heteroatoms. The molecule has 3 atom stereocenters. The van der Waals surface area contributed by atoms with Crippen molar-refractivity contribution in [1.29, 1.82) is 0 Å². The Morgan fingerprint density at radius 3 is 2.45 bits per heavy atom. The van der Waals surface area contributed by atoms with E-state index in [1.807, 2.05) is 0 Å². The van der Waals surface area contributed by atoms with Gasteiger partial charge in [0.25, 0.3) is 0 Å². The van der Waals surface area contributed by atoms with Crippen molar-refractivity contribution < 1.29 is 10.2 Å². The van der Waals surface area contributed by atoms with E-state index in [0.29, 0.717) is 5.92 Å². The monoisotopic (exact) mass is 154 g/mol. The summed E-state index contributed by atoms with van der Waals surface area (Å²) in [5, 5.41) is 18.9. The number of aliphatic hydroxyl groups is 2. The van der Waals surface area contributed by atoms with Gasteiger partial charge in [-0.25, -0.2) is 0 Å². The Balaban J connectivity index is 2.23. The molecule has 3 unspecified atom stereocenters. The highest BCUT2D eigenvalue weighted by Crippen LogP contribution is 2.42. The fourth-order valence-electron chi connectivity index (χ4n) is 2.28. The second-order valence-electron chi connectivity index (χ2n) is 3.79. The predicted molar refractivity (Wildman–Crippen MR) is 42.0 cm³/mol. The van der Waals surface area contributed by atoms with Crippen molar-refractivity contribution in [2.24, 2.45) is 11.8 Å². The summed E-state index contributed by atoms with van der Waals surface area (Å²) in [6.07, 6.45) is 7.22. The lowest BCUT2D eigenvalue weighted by atomic mass is 9.66. The second kappa shape index (κ2) is 2.32. The highest BCUT2D eigenvalue weighted by atomic mass is 16.3. The number of fused-ring (bicyclic) bond motifs is 2. The lowest BCUT2D eigenvalue weighted by Gasteiger charge is -2.43. The maximum atomic E-state index is 9.87. The van der Waals surface area contributed by atoms with Crippen LogP contribution < -0.4 is 0 Å². The lowest BCUT2D eigenvalue weighted by molar-refractivity contribution is -0.0856. The van der Waals surface area contributed by atoms with Crippen LogP contribution >= 0.6 is 0 Å². The quantitative estimate of drug-likeness (QED) is 0.546. The molecule has 0 radical (unpaired) electrons. The molecular weight excluding hydrogens is 140 g/mol. The Hall–Kier alpha value is -0.340. The van der Waals surface area contributed by atoms with E-state index in [0.717, 1.165) is 12.8 Å². The van der Waals surface area contributed by atoms with Crippen LogP contribution in [-0.4, -0.2) is 22.4 Å². The molecule has 0 aromatic heterocycles. The first-order chi connectivity index (χ1) is 5.24. The highest BCUT2D eigenvalue weighted by Gasteiger charge is 2.42. The molecule has 1 saturated carbocycles. The average Bonchev–Trinajstić information content (AvgIpc) is 2.06. The summed E-state index contributed by atoms with van der Waals surface area (Å²) in [5.41, 5.74) is -0.794. The van der Waals surface area contributed by atoms with E-state index in [2.05, 4.69) is 12.2 Å². The van der Waals surface area contributed by atoms with Crippen molar-refractivity contribution in [2.45, 2.75) is 24.9 Å². The SMILES string of the molecule is OCC1(O)CC2C=CC1CC2. The third-order valence-electron chi connectivity index (χ3n) is 3.04. The molecule has 0 heterocycles. The van der Waals surface area contributed by atoms with Gasteiger partial charge in [0.2, 0.25) is 0 Å². The molecule has 0 aliphatic heterocycles. The smallest absolute Gasteiger partial charge is 0.0945 e. The minimum atomic E-state index is -0.794. The molecule has 2 N–H and O–H groups in total. The molecule has 62 valence electrons. The maximum absolute atomic E-state index is 9.87. The van der Waals surface area contributed by atoms with Crippen molar-refractivity contribution in [2.75, 3.05) is 6.61 Å². The van der Waals surface area contributed by atoms with Gasteiger partial charge in [-0.2, -0.15) is 0 Å². The maximum Gasteiger partial charge on any atom is 0.0945 e. The van der Waals surface area contributed by atoms with E-state index in [4.69, 9.17) is 5.11 Å². The van der Waals surface area contributed by atoms with Crippen molar-refractivity contribution in [3.8, 4) is 0 Å². The molecule has 3 aliphatic carbocycles. The van der Waals surface area contributed by atoms with Gasteiger partial charge in [-0.05, 0) is 25.2 Å². The van der Waals surface area contributed by atoms with Crippen LogP contribution in [0.2, 0.25) is 0 Å². The zero-order valence-corrected chi connectivity index (χ0v) is 6.53. The van der Waals surface area contributed by atoms with Crippen molar-refractivity contribution in [3.63, 3.8) is 0 Å². The minimum Gasteiger partial charge on any atom is -0.393 e. The van der Waals surface area contributed by atoms with Gasteiger partial charge in [-0.1, -0.05) is 12.2 Å². The molecule has 11 heavy (non-hydrogen) atoms. The summed E-state index contributed by atoms with van der Waals surface area (Å²) in [5.74, 6) is 0.717. The molecule has 3 rings (SSSR count). The Morgan fingerprint density at radius 1 is 1.36 bits per heavy atom. The van der Waals surface area contributed by atoms with Crippen molar-refractivity contribution in [1.82, 2.24) is 0 Å². The normalized spacial score (nSPS) is 48.2. The Morgan fingerprint density at radius 2 is 2.18 bits per heavy atom. The zero-order valence-electron chi connectivity index (χ0n) is 6.53. The first-order valence-electron chi connectivity index (χ1n) is 4.26. The van der Waals surface area contributed by atoms with Crippen LogP contribution in [0.3, 0.4) is 0 Å². The van der Waals surface area contributed by atoms with Crippen LogP contribution in [0.4, 0.5) is 0 Å². The minimum absolute atomic E-state index is 0.0848. The molecule has 0 saturated heterocycles. The fraction of sp³-hybridized carbons (Fsp3) is 0.778. The highest BCUT2D eigenvalue weighted by molar-refractivity contribution is 5.12. The van der Waals surface area contributed by atoms with Crippen molar-refractivity contribution >= 4 is 0 Å². The average molecular weight is 154 g/mol. The van der Waals surface area contributed by atoms with Crippen LogP contribution in [0.25, 0.3) is 0 Å². The van der Waals surface area contributed by atoms with E-state index < -0.39 is 5.60 Å². The van der Waals surface area contributed by atoms with Gasteiger partial charge in [0, 0.05) is 5.92 Å². The number of rotatable bonds is 1. The molecular formula is C9H14O2. The number of aliphatic hydroxyl groups excluding tert-OH is 1. The van der Waals surface area contributed by atoms with Gasteiger partial charge in [0.1, 0.15) is 0 Å². The van der Waals surface area contributed by atoms with E-state index in [-0.39, 0.29) is 12.5 Å². The zero-order chi connectivity index (χ0) is 7.90. The third-order valence-corrected chi connectivity index (χ3v) is 3.04. The molecule has 0 amide bonds. The van der Waals surface area contributed by atoms with E-state index >= 15 is 0 Å². The van der Waals surface area contributed by atoms with Crippen LogP contribution in [0.15, 0.2) is 12.2 Å². The summed E-state index contributed by atoms with van der Waals surface area (Å²) in [4.78, 5) is 0. The first-order valence-corrected chi connectivity index (χ1v) is 4.26. The third kappa shape index (κ3) is 1.01. The largest absolute Gasteiger partial charge is 0.393 e. The number of hydrogen-bond acceptors (Lipinski definition) is 2. The fourth-order valence-corrected chi connectivity index (χ4v) is 2.28. The Labute approximate surface area is 66.5 Å². The summed E-state index contributed by atoms with van der Waals surface area (Å²) >= 11 is 0. The number of hydrogen-bond donors (Lipinski definition) is 2. The van der Waals surface area contributed by atoms with E-state index in [1.54, 1.807) is 0 Å². The Bertz CT molecular complexity index is 188. The summed E-state index contributed by atoms with van der Waals surface area (Å²) in [6, 6.07) is 0. The van der Waals surface area contributed by atoms with Gasteiger partial charge in [0.05, 0.1) is 12.2 Å². The molecule has 0 aromatic carbocycles. The summed E-state index contributed by atoms with van der Waals surface area (Å²) < 4.78 is 0. The lowest BCUT2D eigenvalue weighted by Crippen LogP contribution is -2.47. The van der Waals surface area contributed by atoms with Gasteiger partial charge < -0.3 is 10.2 Å². The standard InChI is InChI=1S/C9H14O2/c10-6-9(11)5-7-1-3-8(9)4-2-7/h1,3,7-8,10-11H,2,4-6H2. The molecule has 2 nitrogen and oxygen atoms in total. The molecule has 0 spiro atoms. The van der Waals surface area contributed by atoms with E-state index in [1.165, 1.54) is 6.42 Å². The van der Waals surface area contributed by atoms with Gasteiger partial charge in [-0.15, -0.1) is 0 Å². The van der Waals surface area contributed by atoms with Crippen LogP contribution in [-0.2, 0) is 0 Å². The van der Waals surface area contributed by atoms with Crippen LogP contribution in [0.5, 0.6) is 0 Å².